The number of carbonyl (C=O) groups excluding carboxylic acids is 2. The van der Waals surface area contributed by atoms with Crippen molar-refractivity contribution in [2.75, 3.05) is 7.11 Å². The fourth-order valence-corrected chi connectivity index (χ4v) is 1.38. The third-order valence-electron chi connectivity index (χ3n) is 1.97. The molecule has 0 spiro atoms. The minimum atomic E-state index is -0.103. The molecule has 1 aromatic rings. The van der Waals surface area contributed by atoms with Crippen LogP contribution in [0.25, 0.3) is 0 Å². The molecule has 0 N–H and O–H groups in total. The molecule has 0 aliphatic rings. The zero-order valence-corrected chi connectivity index (χ0v) is 8.46. The maximum absolute atomic E-state index is 11.2. The molecule has 0 saturated heterocycles. The zero-order valence-electron chi connectivity index (χ0n) is 8.46. The van der Waals surface area contributed by atoms with Crippen molar-refractivity contribution in [2.24, 2.45) is 0 Å². The van der Waals surface area contributed by atoms with Gasteiger partial charge in [-0.15, -0.1) is 0 Å². The van der Waals surface area contributed by atoms with E-state index in [1.54, 1.807) is 12.1 Å². The molecule has 14 heavy (non-hydrogen) atoms. The van der Waals surface area contributed by atoms with E-state index in [0.29, 0.717) is 23.2 Å². The van der Waals surface area contributed by atoms with Crippen LogP contribution in [0, 0.1) is 6.92 Å². The van der Waals surface area contributed by atoms with Gasteiger partial charge in [-0.3, -0.25) is 9.59 Å². The van der Waals surface area contributed by atoms with Gasteiger partial charge in [-0.25, -0.2) is 0 Å². The molecule has 0 heterocycles. The third kappa shape index (κ3) is 1.82. The summed E-state index contributed by atoms with van der Waals surface area (Å²) in [7, 11) is 1.45. The van der Waals surface area contributed by atoms with Gasteiger partial charge in [-0.2, -0.15) is 0 Å². The molecule has 0 bridgehead atoms. The van der Waals surface area contributed by atoms with Gasteiger partial charge in [0.2, 0.25) is 0 Å². The Kier molecular flexibility index (Phi) is 3.02. The second-order valence-electron chi connectivity index (χ2n) is 3.11. The number of rotatable bonds is 3. The first-order valence-corrected chi connectivity index (χ1v) is 4.25. The first-order chi connectivity index (χ1) is 6.60. The number of Topliss-reactive ketones (excluding diaryl/α,β-unsaturated/α-hetero) is 1. The number of aldehydes is 1. The molecule has 3 heteroatoms. The second-order valence-corrected chi connectivity index (χ2v) is 3.11. The van der Waals surface area contributed by atoms with E-state index in [2.05, 4.69) is 0 Å². The lowest BCUT2D eigenvalue weighted by molar-refractivity contribution is 0.101. The van der Waals surface area contributed by atoms with Crippen LogP contribution in [0.5, 0.6) is 5.75 Å². The smallest absolute Gasteiger partial charge is 0.163 e. The van der Waals surface area contributed by atoms with Crippen LogP contribution in [-0.2, 0) is 0 Å². The Bertz CT molecular complexity index is 380. The van der Waals surface area contributed by atoms with Crippen LogP contribution in [-0.4, -0.2) is 19.2 Å². The summed E-state index contributed by atoms with van der Waals surface area (Å²) in [4.78, 5) is 22.0. The predicted molar refractivity (Wildman–Crippen MR) is 53.1 cm³/mol. The second kappa shape index (κ2) is 4.05. The Balaban J connectivity index is 3.46. The topological polar surface area (TPSA) is 43.4 Å². The molecule has 0 fully saturated rings. The van der Waals surface area contributed by atoms with E-state index >= 15 is 0 Å². The predicted octanol–water partition coefficient (Wildman–Crippen LogP) is 2.02. The van der Waals surface area contributed by atoms with E-state index in [0.717, 1.165) is 5.56 Å². The molecule has 0 aromatic heterocycles. The molecule has 0 aliphatic carbocycles. The largest absolute Gasteiger partial charge is 0.495 e. The average molecular weight is 192 g/mol. The van der Waals surface area contributed by atoms with Crippen molar-refractivity contribution in [1.29, 1.82) is 0 Å². The normalized spacial score (nSPS) is 9.64. The zero-order chi connectivity index (χ0) is 10.7. The summed E-state index contributed by atoms with van der Waals surface area (Å²) in [5.41, 5.74) is 1.74. The lowest BCUT2D eigenvalue weighted by Gasteiger charge is -2.09. The number of carbonyl (C=O) groups is 2. The molecular formula is C11H12O3. The monoisotopic (exact) mass is 192 g/mol. The van der Waals surface area contributed by atoms with Gasteiger partial charge in [0.25, 0.3) is 0 Å². The molecule has 1 aromatic carbocycles. The molecule has 1 rings (SSSR count). The van der Waals surface area contributed by atoms with Crippen molar-refractivity contribution in [3.05, 3.63) is 28.8 Å². The van der Waals surface area contributed by atoms with E-state index < -0.39 is 0 Å². The molecule has 0 aliphatic heterocycles. The lowest BCUT2D eigenvalue weighted by atomic mass is 10.0. The van der Waals surface area contributed by atoms with Crippen LogP contribution in [0.4, 0.5) is 0 Å². The van der Waals surface area contributed by atoms with E-state index in [1.165, 1.54) is 14.0 Å². The van der Waals surface area contributed by atoms with Crippen molar-refractivity contribution < 1.29 is 14.3 Å². The van der Waals surface area contributed by atoms with Crippen molar-refractivity contribution in [2.45, 2.75) is 13.8 Å². The van der Waals surface area contributed by atoms with Gasteiger partial charge in [0.05, 0.1) is 18.2 Å². The van der Waals surface area contributed by atoms with E-state index in [1.807, 2.05) is 6.92 Å². The fraction of sp³-hybridized carbons (Fsp3) is 0.273. The molecule has 0 saturated carbocycles. The molecule has 0 radical (unpaired) electrons. The summed E-state index contributed by atoms with van der Waals surface area (Å²) in [6.45, 7) is 3.28. The highest BCUT2D eigenvalue weighted by atomic mass is 16.5. The van der Waals surface area contributed by atoms with Gasteiger partial charge >= 0.3 is 0 Å². The highest BCUT2D eigenvalue weighted by molar-refractivity contribution is 6.00. The highest BCUT2D eigenvalue weighted by Gasteiger charge is 2.12. The van der Waals surface area contributed by atoms with Crippen LogP contribution in [0.2, 0.25) is 0 Å². The van der Waals surface area contributed by atoms with Gasteiger partial charge in [-0.05, 0) is 31.5 Å². The number of hydrogen-bond donors (Lipinski definition) is 0. The Morgan fingerprint density at radius 2 is 2.07 bits per heavy atom. The van der Waals surface area contributed by atoms with Gasteiger partial charge in [0, 0.05) is 0 Å². The van der Waals surface area contributed by atoms with Gasteiger partial charge in [0.15, 0.2) is 12.1 Å². The standard InChI is InChI=1S/C11H12O3/c1-7-4-9(6-12)11(14-3)10(5-7)8(2)13/h4-6H,1-3H3. The quantitative estimate of drug-likeness (QED) is 0.543. The number of methoxy groups -OCH3 is 1. The van der Waals surface area contributed by atoms with Crippen molar-refractivity contribution in [3.63, 3.8) is 0 Å². The van der Waals surface area contributed by atoms with Crippen molar-refractivity contribution in [3.8, 4) is 5.75 Å². The number of ether oxygens (including phenoxy) is 1. The molecule has 0 unspecified atom stereocenters. The number of hydrogen-bond acceptors (Lipinski definition) is 3. The van der Waals surface area contributed by atoms with Crippen LogP contribution >= 0.6 is 0 Å². The van der Waals surface area contributed by atoms with Crippen molar-refractivity contribution >= 4 is 12.1 Å². The summed E-state index contributed by atoms with van der Waals surface area (Å²) < 4.78 is 5.03. The summed E-state index contributed by atoms with van der Waals surface area (Å²) >= 11 is 0. The van der Waals surface area contributed by atoms with Gasteiger partial charge < -0.3 is 4.74 Å². The number of aryl methyl sites for hydroxylation is 1. The SMILES string of the molecule is COc1c(C=O)cc(C)cc1C(C)=O. The van der Waals surface area contributed by atoms with Crippen LogP contribution in [0.15, 0.2) is 12.1 Å². The average Bonchev–Trinajstić information content (AvgIpc) is 2.16. The minimum Gasteiger partial charge on any atom is -0.495 e. The van der Waals surface area contributed by atoms with Gasteiger partial charge in [-0.1, -0.05) is 0 Å². The van der Waals surface area contributed by atoms with Crippen molar-refractivity contribution in [1.82, 2.24) is 0 Å². The molecule has 0 atom stereocenters. The van der Waals surface area contributed by atoms with E-state index in [9.17, 15) is 9.59 Å². The molecule has 0 amide bonds. The van der Waals surface area contributed by atoms with Crippen LogP contribution < -0.4 is 4.74 Å². The molecular weight excluding hydrogens is 180 g/mol. The fourth-order valence-electron chi connectivity index (χ4n) is 1.38. The lowest BCUT2D eigenvalue weighted by Crippen LogP contribution is -2.01. The molecule has 3 nitrogen and oxygen atoms in total. The number of benzene rings is 1. The first-order valence-electron chi connectivity index (χ1n) is 4.25. The molecule has 74 valence electrons. The van der Waals surface area contributed by atoms with E-state index in [4.69, 9.17) is 4.74 Å². The summed E-state index contributed by atoms with van der Waals surface area (Å²) in [5, 5.41) is 0. The third-order valence-corrected chi connectivity index (χ3v) is 1.97. The Hall–Kier alpha value is -1.64. The Morgan fingerprint density at radius 3 is 2.50 bits per heavy atom. The van der Waals surface area contributed by atoms with Crippen LogP contribution in [0.3, 0.4) is 0 Å². The number of ketones is 1. The highest BCUT2D eigenvalue weighted by Crippen LogP contribution is 2.24. The summed E-state index contributed by atoms with van der Waals surface area (Å²) in [5.74, 6) is 0.256. The first kappa shape index (κ1) is 10.4. The van der Waals surface area contributed by atoms with E-state index in [-0.39, 0.29) is 5.78 Å². The van der Waals surface area contributed by atoms with Gasteiger partial charge in [0.1, 0.15) is 5.75 Å². The van der Waals surface area contributed by atoms with Crippen LogP contribution in [0.1, 0.15) is 33.2 Å². The maximum atomic E-state index is 11.2. The minimum absolute atomic E-state index is 0.103. The summed E-state index contributed by atoms with van der Waals surface area (Å²) in [6.07, 6.45) is 0.693. The Morgan fingerprint density at radius 1 is 1.43 bits per heavy atom. The Labute approximate surface area is 82.7 Å². The summed E-state index contributed by atoms with van der Waals surface area (Å²) in [6, 6.07) is 3.41. The maximum Gasteiger partial charge on any atom is 0.163 e.